The molecule has 3 aromatic rings. The van der Waals surface area contributed by atoms with E-state index in [1.54, 1.807) is 20.8 Å². The van der Waals surface area contributed by atoms with Crippen LogP contribution in [0.1, 0.15) is 56.2 Å². The molecule has 0 radical (unpaired) electrons. The first kappa shape index (κ1) is 40.0. The number of fused-ring (bicyclic) bond motifs is 1. The Hall–Kier alpha value is -4.22. The van der Waals surface area contributed by atoms with Crippen LogP contribution in [0.5, 0.6) is 0 Å². The van der Waals surface area contributed by atoms with Crippen molar-refractivity contribution in [2.45, 2.75) is 59.5 Å². The van der Waals surface area contributed by atoms with E-state index in [-0.39, 0.29) is 34.6 Å². The number of anilines is 1. The van der Waals surface area contributed by atoms with Crippen molar-refractivity contribution in [3.63, 3.8) is 0 Å². The highest BCUT2D eigenvalue weighted by atomic mass is 35.6. The smallest absolute Gasteiger partial charge is 0.413 e. The Morgan fingerprint density at radius 1 is 0.981 bits per heavy atom. The van der Waals surface area contributed by atoms with Crippen molar-refractivity contribution in [3.8, 4) is 0 Å². The third kappa shape index (κ3) is 10.5. The number of alkyl carbamates (subject to hydrolysis) is 1. The number of methoxy groups -OCH3 is 1. The molecule has 2 aromatic carbocycles. The van der Waals surface area contributed by atoms with Gasteiger partial charge in [0.15, 0.2) is 28.7 Å². The van der Waals surface area contributed by atoms with Crippen LogP contribution < -0.4 is 16.0 Å². The second-order valence-electron chi connectivity index (χ2n) is 12.4. The van der Waals surface area contributed by atoms with E-state index in [1.807, 2.05) is 60.7 Å². The number of alkyl halides is 3. The van der Waals surface area contributed by atoms with Crippen LogP contribution in [0.25, 0.3) is 0 Å². The summed E-state index contributed by atoms with van der Waals surface area (Å²) in [5, 5.41) is 7.57. The molecule has 2 aliphatic rings. The highest BCUT2D eigenvalue weighted by molar-refractivity contribution is 8.00. The first-order valence-electron chi connectivity index (χ1n) is 15.9. The molecule has 4 amide bonds. The molecule has 5 rings (SSSR count). The fraction of sp³-hybridized carbons (Fsp3) is 0.353. The average Bonchev–Trinajstić information content (AvgIpc) is 3.55. The van der Waals surface area contributed by atoms with Crippen LogP contribution in [0.15, 0.2) is 77.5 Å². The van der Waals surface area contributed by atoms with E-state index in [2.05, 4.69) is 20.9 Å². The van der Waals surface area contributed by atoms with Crippen molar-refractivity contribution in [2.24, 2.45) is 0 Å². The highest BCUT2D eigenvalue weighted by Gasteiger charge is 2.51. The number of thiazole rings is 1. The molecule has 2 aliphatic heterocycles. The van der Waals surface area contributed by atoms with Crippen molar-refractivity contribution in [3.05, 3.63) is 94.3 Å². The van der Waals surface area contributed by atoms with Gasteiger partial charge in [0.05, 0.1) is 24.6 Å². The van der Waals surface area contributed by atoms with Gasteiger partial charge in [-0.2, -0.15) is 0 Å². The summed E-state index contributed by atoms with van der Waals surface area (Å²) in [6, 6.07) is 16.7. The molecule has 3 atom stereocenters. The number of aromatic nitrogens is 1. The quantitative estimate of drug-likeness (QED) is 0.0826. The van der Waals surface area contributed by atoms with E-state index in [0.717, 1.165) is 23.1 Å². The molecule has 1 saturated heterocycles. The van der Waals surface area contributed by atoms with Crippen LogP contribution in [-0.4, -0.2) is 73.7 Å². The van der Waals surface area contributed by atoms with Crippen molar-refractivity contribution in [1.82, 2.24) is 20.5 Å². The molecule has 0 bridgehead atoms. The maximum absolute atomic E-state index is 14.1. The predicted molar refractivity (Wildman–Crippen MR) is 199 cm³/mol. The molecule has 0 aliphatic carbocycles. The van der Waals surface area contributed by atoms with E-state index in [9.17, 15) is 24.0 Å². The molecule has 3 heterocycles. The number of nitrogens with zero attached hydrogens (tertiary/aromatic N) is 2. The lowest BCUT2D eigenvalue weighted by Gasteiger charge is -2.46. The van der Waals surface area contributed by atoms with Gasteiger partial charge in [-0.25, -0.2) is 19.4 Å². The van der Waals surface area contributed by atoms with Gasteiger partial charge in [0.2, 0.25) is 15.6 Å². The van der Waals surface area contributed by atoms with Crippen molar-refractivity contribution in [1.29, 1.82) is 0 Å². The Labute approximate surface area is 327 Å². The van der Waals surface area contributed by atoms with Gasteiger partial charge in [0.1, 0.15) is 17.6 Å². The zero-order valence-corrected chi connectivity index (χ0v) is 32.5. The molecule has 0 saturated carbocycles. The summed E-state index contributed by atoms with van der Waals surface area (Å²) < 4.78 is 20.2. The Morgan fingerprint density at radius 3 is 2.15 bits per heavy atom. The van der Waals surface area contributed by atoms with E-state index in [4.69, 9.17) is 53.8 Å². The summed E-state index contributed by atoms with van der Waals surface area (Å²) >= 11 is 19.0. The number of hydrogen-bond donors (Lipinski definition) is 3. The summed E-state index contributed by atoms with van der Waals surface area (Å²) in [7, 11) is 1.30. The zero-order chi connectivity index (χ0) is 38.5. The third-order valence-electron chi connectivity index (χ3n) is 7.34. The summed E-state index contributed by atoms with van der Waals surface area (Å²) in [6.45, 7) is 4.41. The third-order valence-corrected chi connectivity index (χ3v) is 9.74. The first-order chi connectivity index (χ1) is 25.0. The van der Waals surface area contributed by atoms with E-state index in [1.165, 1.54) is 17.4 Å². The summed E-state index contributed by atoms with van der Waals surface area (Å²) in [5.74, 6) is -2.01. The molecule has 1 aromatic heterocycles. The van der Waals surface area contributed by atoms with Gasteiger partial charge < -0.3 is 29.6 Å². The molecule has 53 heavy (non-hydrogen) atoms. The Bertz CT molecular complexity index is 1830. The van der Waals surface area contributed by atoms with Gasteiger partial charge in [-0.15, -0.1) is 23.1 Å². The van der Waals surface area contributed by atoms with Gasteiger partial charge in [0.25, 0.3) is 0 Å². The topological polar surface area (TPSA) is 174 Å². The van der Waals surface area contributed by atoms with Gasteiger partial charge in [-0.1, -0.05) is 95.5 Å². The Balaban J connectivity index is 1.43. The molecular formula is C34H34Cl3N5O9S2. The molecular weight excluding hydrogens is 793 g/mol. The number of nitrogens with one attached hydrogen (secondary N) is 3. The second-order valence-corrected chi connectivity index (χ2v) is 17.1. The number of β-lactam (4-membered cyclic amide) rings is 1. The fourth-order valence-corrected chi connectivity index (χ4v) is 7.43. The maximum Gasteiger partial charge on any atom is 0.413 e. The number of esters is 1. The van der Waals surface area contributed by atoms with Gasteiger partial charge >= 0.3 is 18.2 Å². The van der Waals surface area contributed by atoms with Gasteiger partial charge in [0, 0.05) is 5.38 Å². The SMILES string of the molecule is COC1=C(C(=O)OC(c2ccccc2)c2ccccc2)N2C(=O)C[C@@H]2SC1NC(=O)C(NC(=O)OC(C)(C)C)c1csc(NC(=O)OCC(Cl)(Cl)Cl)n1. The van der Waals surface area contributed by atoms with Crippen LogP contribution in [0.3, 0.4) is 0 Å². The lowest BCUT2D eigenvalue weighted by atomic mass is 10.0. The zero-order valence-electron chi connectivity index (χ0n) is 28.6. The molecule has 0 spiro atoms. The molecule has 2 unspecified atom stereocenters. The van der Waals surface area contributed by atoms with Crippen LogP contribution in [0, 0.1) is 0 Å². The van der Waals surface area contributed by atoms with Crippen molar-refractivity contribution < 1.29 is 42.9 Å². The molecule has 14 nitrogen and oxygen atoms in total. The van der Waals surface area contributed by atoms with E-state index in [0.29, 0.717) is 11.1 Å². The summed E-state index contributed by atoms with van der Waals surface area (Å²) in [6.07, 6.45) is -2.66. The number of carbonyl (C=O) groups is 5. The number of ether oxygens (including phenoxy) is 4. The number of benzene rings is 2. The largest absolute Gasteiger partial charge is 0.495 e. The van der Waals surface area contributed by atoms with Gasteiger partial charge in [-0.05, 0) is 31.9 Å². The van der Waals surface area contributed by atoms with E-state index >= 15 is 0 Å². The van der Waals surface area contributed by atoms with Gasteiger partial charge in [-0.3, -0.25) is 19.8 Å². The van der Waals surface area contributed by atoms with Crippen LogP contribution >= 0.6 is 57.9 Å². The second kappa shape index (κ2) is 16.8. The first-order valence-corrected chi connectivity index (χ1v) is 18.8. The number of thioether (sulfide) groups is 1. The lowest BCUT2D eigenvalue weighted by Crippen LogP contribution is -2.58. The molecule has 282 valence electrons. The molecule has 1 fully saturated rings. The van der Waals surface area contributed by atoms with Crippen molar-refractivity contribution >= 4 is 93.0 Å². The monoisotopic (exact) mass is 825 g/mol. The number of halogens is 3. The minimum atomic E-state index is -1.84. The minimum Gasteiger partial charge on any atom is -0.495 e. The van der Waals surface area contributed by atoms with Crippen molar-refractivity contribution in [2.75, 3.05) is 19.0 Å². The highest BCUT2D eigenvalue weighted by Crippen LogP contribution is 2.44. The number of hydrogen-bond acceptors (Lipinski definition) is 12. The van der Waals surface area contributed by atoms with Crippen LogP contribution in [0.2, 0.25) is 0 Å². The summed E-state index contributed by atoms with van der Waals surface area (Å²) in [5.41, 5.74) is 0.330. The minimum absolute atomic E-state index is 0.00247. The predicted octanol–water partition coefficient (Wildman–Crippen LogP) is 6.57. The fourth-order valence-electron chi connectivity index (χ4n) is 5.13. The Kier molecular flexibility index (Phi) is 12.7. The molecule has 19 heteroatoms. The Morgan fingerprint density at radius 2 is 1.60 bits per heavy atom. The normalized spacial score (nSPS) is 17.6. The number of rotatable bonds is 11. The standard InChI is InChI=1S/C34H34Cl3N5O9S2/c1-33(2,3)51-32(47)39-23(20-16-52-30(38-20)41-31(46)49-17-34(35,36)37)27(44)40-28-26(48-4)24(42-21(43)15-22(42)53-28)29(45)50-25(18-11-7-5-8-12-18)19-13-9-6-10-14-19/h5-14,16,22-23,25,28H,15,17H2,1-4H3,(H,39,47)(H,40,44)(H,38,41,46)/t22-,23?,28?/m0/s1. The van der Waals surface area contributed by atoms with E-state index < -0.39 is 63.0 Å². The maximum atomic E-state index is 14.1. The summed E-state index contributed by atoms with van der Waals surface area (Å²) in [4.78, 5) is 71.8. The number of amides is 4. The van der Waals surface area contributed by atoms with Crippen LogP contribution in [-0.2, 0) is 33.3 Å². The number of carbonyl (C=O) groups excluding carboxylic acids is 5. The average molecular weight is 827 g/mol. The van der Waals surface area contributed by atoms with Crippen LogP contribution in [0.4, 0.5) is 14.7 Å². The molecule has 3 N–H and O–H groups in total. The lowest BCUT2D eigenvalue weighted by molar-refractivity contribution is -0.152.